The van der Waals surface area contributed by atoms with Gasteiger partial charge in [-0.1, -0.05) is 0 Å². The molecule has 0 unspecified atom stereocenters. The van der Waals surface area contributed by atoms with Gasteiger partial charge in [-0.3, -0.25) is 9.88 Å². The molecule has 2 radical (unpaired) electrons. The van der Waals surface area contributed by atoms with E-state index in [9.17, 15) is 0 Å². The number of hydrogen-bond donors (Lipinski definition) is 0. The number of morpholine rings is 1. The zero-order chi connectivity index (χ0) is 9.80. The van der Waals surface area contributed by atoms with Crippen LogP contribution in [-0.2, 0) is 11.3 Å². The first-order chi connectivity index (χ1) is 6.84. The minimum absolute atomic E-state index is 0.590. The number of imidazole rings is 1. The van der Waals surface area contributed by atoms with Gasteiger partial charge < -0.3 is 9.30 Å². The second-order valence-corrected chi connectivity index (χ2v) is 3.49. The number of hydrogen-bond acceptors (Lipinski definition) is 3. The summed E-state index contributed by atoms with van der Waals surface area (Å²) in [7, 11) is 5.52. The molecule has 2 rings (SSSR count). The predicted octanol–water partition coefficient (Wildman–Crippen LogP) is -0.991. The summed E-state index contributed by atoms with van der Waals surface area (Å²) in [6.45, 7) is 5.76. The minimum atomic E-state index is 0.590. The molecular weight excluding hydrogens is 177 g/mol. The third kappa shape index (κ3) is 2.59. The summed E-state index contributed by atoms with van der Waals surface area (Å²) >= 11 is 0. The molecule has 1 saturated heterocycles. The molecule has 1 aromatic rings. The number of aromatic nitrogens is 2. The predicted molar refractivity (Wildman–Crippen MR) is 54.9 cm³/mol. The van der Waals surface area contributed by atoms with E-state index in [1.165, 1.54) is 0 Å². The van der Waals surface area contributed by atoms with Crippen molar-refractivity contribution in [1.29, 1.82) is 0 Å². The Bertz CT molecular complexity index is 283. The van der Waals surface area contributed by atoms with Gasteiger partial charge in [0.2, 0.25) is 0 Å². The van der Waals surface area contributed by atoms with Gasteiger partial charge >= 0.3 is 0 Å². The molecule has 0 bridgehead atoms. The van der Waals surface area contributed by atoms with Crippen LogP contribution in [-0.4, -0.2) is 55.1 Å². The van der Waals surface area contributed by atoms with Gasteiger partial charge in [-0.15, -0.1) is 0 Å². The van der Waals surface area contributed by atoms with Crippen LogP contribution in [0.4, 0.5) is 0 Å². The average Bonchev–Trinajstić information content (AvgIpc) is 2.63. The molecule has 2 heterocycles. The first kappa shape index (κ1) is 9.74. The van der Waals surface area contributed by atoms with E-state index in [0.717, 1.165) is 39.4 Å². The fourth-order valence-electron chi connectivity index (χ4n) is 1.58. The van der Waals surface area contributed by atoms with Gasteiger partial charge in [0.15, 0.2) is 0 Å². The topological polar surface area (TPSA) is 30.3 Å². The molecule has 14 heavy (non-hydrogen) atoms. The summed E-state index contributed by atoms with van der Waals surface area (Å²) < 4.78 is 7.29. The highest BCUT2D eigenvalue weighted by Crippen LogP contribution is 1.97. The van der Waals surface area contributed by atoms with Crippen LogP contribution < -0.4 is 5.59 Å². The Morgan fingerprint density at radius 1 is 1.36 bits per heavy atom. The van der Waals surface area contributed by atoms with E-state index in [2.05, 4.69) is 9.88 Å². The van der Waals surface area contributed by atoms with E-state index in [0.29, 0.717) is 5.59 Å². The molecule has 0 N–H and O–H groups in total. The molecule has 5 heteroatoms. The lowest BCUT2D eigenvalue weighted by molar-refractivity contribution is 0.0364. The first-order valence-electron chi connectivity index (χ1n) is 4.92. The number of nitrogens with zero attached hydrogens (tertiary/aromatic N) is 3. The summed E-state index contributed by atoms with van der Waals surface area (Å²) in [6.07, 6.45) is 3.64. The molecule has 0 amide bonds. The molecule has 0 atom stereocenters. The first-order valence-corrected chi connectivity index (χ1v) is 4.92. The smallest absolute Gasteiger partial charge is 0.143 e. The Balaban J connectivity index is 1.76. The highest BCUT2D eigenvalue weighted by atomic mass is 16.5. The molecule has 1 aliphatic rings. The number of ether oxygens (including phenoxy) is 1. The standard InChI is InChI=1S/C9H14BN3O/c10-9-7-13(8-11-9)2-1-12-3-5-14-6-4-12/h7-8H,1-6H2. The van der Waals surface area contributed by atoms with Crippen molar-refractivity contribution in [2.24, 2.45) is 0 Å². The lowest BCUT2D eigenvalue weighted by Gasteiger charge is -2.26. The monoisotopic (exact) mass is 191 g/mol. The van der Waals surface area contributed by atoms with Crippen molar-refractivity contribution in [3.8, 4) is 0 Å². The fourth-order valence-corrected chi connectivity index (χ4v) is 1.58. The summed E-state index contributed by atoms with van der Waals surface area (Å²) in [4.78, 5) is 6.37. The molecule has 1 fully saturated rings. The van der Waals surface area contributed by atoms with Gasteiger partial charge in [-0.05, 0) is 0 Å². The maximum absolute atomic E-state index is 5.52. The zero-order valence-electron chi connectivity index (χ0n) is 8.22. The normalized spacial score (nSPS) is 18.6. The van der Waals surface area contributed by atoms with Crippen LogP contribution in [0.2, 0.25) is 0 Å². The van der Waals surface area contributed by atoms with Crippen LogP contribution in [0, 0.1) is 0 Å². The van der Waals surface area contributed by atoms with Crippen molar-refractivity contribution in [1.82, 2.24) is 14.5 Å². The Morgan fingerprint density at radius 2 is 2.14 bits per heavy atom. The van der Waals surface area contributed by atoms with Gasteiger partial charge in [-0.25, -0.2) is 0 Å². The van der Waals surface area contributed by atoms with Crippen molar-refractivity contribution in [2.45, 2.75) is 6.54 Å². The lowest BCUT2D eigenvalue weighted by atomic mass is 10.1. The van der Waals surface area contributed by atoms with Crippen molar-refractivity contribution < 1.29 is 4.74 Å². The van der Waals surface area contributed by atoms with Crippen molar-refractivity contribution in [3.63, 3.8) is 0 Å². The van der Waals surface area contributed by atoms with Crippen LogP contribution in [0.25, 0.3) is 0 Å². The Labute approximate surface area is 85.3 Å². The van der Waals surface area contributed by atoms with E-state index in [1.807, 2.05) is 10.8 Å². The van der Waals surface area contributed by atoms with Crippen molar-refractivity contribution in [2.75, 3.05) is 32.8 Å². The molecule has 0 aliphatic carbocycles. The van der Waals surface area contributed by atoms with E-state index in [4.69, 9.17) is 12.6 Å². The zero-order valence-corrected chi connectivity index (χ0v) is 8.22. The molecule has 1 aliphatic heterocycles. The fraction of sp³-hybridized carbons (Fsp3) is 0.667. The van der Waals surface area contributed by atoms with Gasteiger partial charge in [-0.2, -0.15) is 0 Å². The van der Waals surface area contributed by atoms with E-state index < -0.39 is 0 Å². The Hall–Kier alpha value is -0.805. The molecule has 74 valence electrons. The van der Waals surface area contributed by atoms with Crippen molar-refractivity contribution in [3.05, 3.63) is 12.5 Å². The second-order valence-electron chi connectivity index (χ2n) is 3.49. The number of rotatable bonds is 3. The summed E-state index contributed by atoms with van der Waals surface area (Å²) in [5, 5.41) is 0. The second kappa shape index (κ2) is 4.62. The van der Waals surface area contributed by atoms with Gasteiger partial charge in [0.1, 0.15) is 7.85 Å². The van der Waals surface area contributed by atoms with Crippen LogP contribution in [0.5, 0.6) is 0 Å². The maximum Gasteiger partial charge on any atom is 0.143 e. The highest BCUT2D eigenvalue weighted by molar-refractivity contribution is 6.30. The Morgan fingerprint density at radius 3 is 2.79 bits per heavy atom. The summed E-state index contributed by atoms with van der Waals surface area (Å²) in [6, 6.07) is 0. The van der Waals surface area contributed by atoms with Crippen LogP contribution in [0.1, 0.15) is 0 Å². The van der Waals surface area contributed by atoms with Crippen LogP contribution >= 0.6 is 0 Å². The van der Waals surface area contributed by atoms with E-state index in [-0.39, 0.29) is 0 Å². The van der Waals surface area contributed by atoms with Crippen LogP contribution in [0.3, 0.4) is 0 Å². The SMILES string of the molecule is [B]c1cn(CCN2CCOCC2)cn1. The maximum atomic E-state index is 5.52. The largest absolute Gasteiger partial charge is 0.379 e. The van der Waals surface area contributed by atoms with Gasteiger partial charge in [0, 0.05) is 38.0 Å². The molecular formula is C9H14BN3O. The Kier molecular flexibility index (Phi) is 3.21. The summed E-state index contributed by atoms with van der Waals surface area (Å²) in [5.74, 6) is 0. The van der Waals surface area contributed by atoms with Crippen molar-refractivity contribution >= 4 is 13.4 Å². The molecule has 4 nitrogen and oxygen atoms in total. The average molecular weight is 191 g/mol. The van der Waals surface area contributed by atoms with Gasteiger partial charge in [0.05, 0.1) is 19.5 Å². The third-order valence-electron chi connectivity index (χ3n) is 2.43. The van der Waals surface area contributed by atoms with Gasteiger partial charge in [0.25, 0.3) is 0 Å². The summed E-state index contributed by atoms with van der Waals surface area (Å²) in [5.41, 5.74) is 0.590. The lowest BCUT2D eigenvalue weighted by Crippen LogP contribution is -2.38. The molecule has 0 spiro atoms. The van der Waals surface area contributed by atoms with E-state index in [1.54, 1.807) is 6.33 Å². The minimum Gasteiger partial charge on any atom is -0.379 e. The highest BCUT2D eigenvalue weighted by Gasteiger charge is 2.09. The van der Waals surface area contributed by atoms with E-state index >= 15 is 0 Å². The molecule has 0 saturated carbocycles. The van der Waals surface area contributed by atoms with Crippen LogP contribution in [0.15, 0.2) is 12.5 Å². The quantitative estimate of drug-likeness (QED) is 0.574. The molecule has 1 aromatic heterocycles. The molecule has 0 aromatic carbocycles. The third-order valence-corrected chi connectivity index (χ3v) is 2.43.